The number of nitrogens with zero attached hydrogens (tertiary/aromatic N) is 5. The Bertz CT molecular complexity index is 954. The molecule has 30 heavy (non-hydrogen) atoms. The molecule has 0 saturated carbocycles. The molecule has 2 aliphatic heterocycles. The van der Waals surface area contributed by atoms with Crippen molar-refractivity contribution in [3.8, 4) is 0 Å². The fraction of sp³-hybridized carbons (Fsp3) is 0.571. The number of hydrogen-bond acceptors (Lipinski definition) is 7. The van der Waals surface area contributed by atoms with Crippen molar-refractivity contribution < 1.29 is 14.3 Å². The highest BCUT2D eigenvalue weighted by molar-refractivity contribution is 5.81. The Morgan fingerprint density at radius 1 is 1.20 bits per heavy atom. The molecule has 0 aliphatic carbocycles. The summed E-state index contributed by atoms with van der Waals surface area (Å²) in [4.78, 5) is 35.1. The van der Waals surface area contributed by atoms with Gasteiger partial charge in [-0.2, -0.15) is 0 Å². The van der Waals surface area contributed by atoms with Crippen LogP contribution in [0.25, 0.3) is 10.9 Å². The van der Waals surface area contributed by atoms with E-state index in [0.29, 0.717) is 25.1 Å². The first-order chi connectivity index (χ1) is 14.5. The number of benzene rings is 1. The van der Waals surface area contributed by atoms with Crippen molar-refractivity contribution in [2.24, 2.45) is 0 Å². The van der Waals surface area contributed by atoms with E-state index in [-0.39, 0.29) is 24.2 Å². The second-order valence-corrected chi connectivity index (χ2v) is 7.93. The van der Waals surface area contributed by atoms with E-state index in [9.17, 15) is 9.59 Å². The molecule has 1 amide bonds. The van der Waals surface area contributed by atoms with Gasteiger partial charge in [0.2, 0.25) is 5.91 Å². The number of fused-ring (bicyclic) bond motifs is 1. The third-order valence-electron chi connectivity index (χ3n) is 5.89. The predicted octanol–water partition coefficient (Wildman–Crippen LogP) is 0.0221. The van der Waals surface area contributed by atoms with Gasteiger partial charge in [0.15, 0.2) is 0 Å². The molecule has 0 radical (unpaired) electrons. The van der Waals surface area contributed by atoms with Crippen molar-refractivity contribution in [1.82, 2.24) is 19.4 Å². The molecule has 3 heterocycles. The molecule has 1 atom stereocenters. The standard InChI is InChI=1S/C21H29N5O4/c1-23-12-17(30-14-20(23)27)13-24-5-7-25(8-6-24)16-3-4-18-19(11-16)22-15-26(21(18)28)9-10-29-2/h3-4,11,15,17H,5-10,12-14H2,1-2H3. The molecule has 0 spiro atoms. The van der Waals surface area contributed by atoms with E-state index in [1.807, 2.05) is 25.2 Å². The first-order valence-electron chi connectivity index (χ1n) is 10.4. The van der Waals surface area contributed by atoms with Gasteiger partial charge in [0, 0.05) is 59.1 Å². The van der Waals surface area contributed by atoms with Crippen LogP contribution in [0.1, 0.15) is 0 Å². The summed E-state index contributed by atoms with van der Waals surface area (Å²) in [6.07, 6.45) is 1.67. The summed E-state index contributed by atoms with van der Waals surface area (Å²) >= 11 is 0. The smallest absolute Gasteiger partial charge is 0.261 e. The fourth-order valence-corrected chi connectivity index (χ4v) is 4.04. The first-order valence-corrected chi connectivity index (χ1v) is 10.4. The molecule has 0 N–H and O–H groups in total. The van der Waals surface area contributed by atoms with Crippen molar-refractivity contribution in [3.05, 3.63) is 34.9 Å². The summed E-state index contributed by atoms with van der Waals surface area (Å²) in [6.45, 7) is 6.31. The average Bonchev–Trinajstić information content (AvgIpc) is 2.76. The maximum Gasteiger partial charge on any atom is 0.261 e. The molecule has 162 valence electrons. The quantitative estimate of drug-likeness (QED) is 0.658. The molecule has 4 rings (SSSR count). The number of piperazine rings is 1. The molecule has 9 nitrogen and oxygen atoms in total. The summed E-state index contributed by atoms with van der Waals surface area (Å²) in [5.74, 6) is 0.0476. The van der Waals surface area contributed by atoms with Crippen LogP contribution < -0.4 is 10.5 Å². The van der Waals surface area contributed by atoms with Crippen LogP contribution in [0.3, 0.4) is 0 Å². The van der Waals surface area contributed by atoms with Gasteiger partial charge in [-0.3, -0.25) is 19.1 Å². The number of amides is 1. The number of ether oxygens (including phenoxy) is 2. The van der Waals surface area contributed by atoms with E-state index in [1.165, 1.54) is 0 Å². The Morgan fingerprint density at radius 2 is 2.00 bits per heavy atom. The number of carbonyl (C=O) groups is 1. The van der Waals surface area contributed by atoms with Crippen molar-refractivity contribution in [1.29, 1.82) is 0 Å². The zero-order valence-electron chi connectivity index (χ0n) is 17.6. The van der Waals surface area contributed by atoms with E-state index in [2.05, 4.69) is 14.8 Å². The third kappa shape index (κ3) is 4.48. The molecule has 2 saturated heterocycles. The Kier molecular flexibility index (Phi) is 6.31. The highest BCUT2D eigenvalue weighted by Gasteiger charge is 2.27. The largest absolute Gasteiger partial charge is 0.383 e. The van der Waals surface area contributed by atoms with Crippen LogP contribution in [0.2, 0.25) is 0 Å². The average molecular weight is 415 g/mol. The Labute approximate surface area is 175 Å². The predicted molar refractivity (Wildman–Crippen MR) is 114 cm³/mol. The van der Waals surface area contributed by atoms with Crippen LogP contribution in [-0.4, -0.2) is 98.0 Å². The number of rotatable bonds is 6. The van der Waals surface area contributed by atoms with Crippen LogP contribution in [0.15, 0.2) is 29.3 Å². The summed E-state index contributed by atoms with van der Waals surface area (Å²) in [5, 5.41) is 0.629. The Balaban J connectivity index is 1.37. The second kappa shape index (κ2) is 9.11. The van der Waals surface area contributed by atoms with Crippen molar-refractivity contribution in [3.63, 3.8) is 0 Å². The van der Waals surface area contributed by atoms with Gasteiger partial charge in [-0.15, -0.1) is 0 Å². The van der Waals surface area contributed by atoms with Crippen LogP contribution in [0.4, 0.5) is 5.69 Å². The first kappa shape index (κ1) is 20.8. The molecule has 1 aromatic carbocycles. The van der Waals surface area contributed by atoms with E-state index in [4.69, 9.17) is 9.47 Å². The Morgan fingerprint density at radius 3 is 2.73 bits per heavy atom. The topological polar surface area (TPSA) is 80.1 Å². The lowest BCUT2D eigenvalue weighted by atomic mass is 10.2. The van der Waals surface area contributed by atoms with Gasteiger partial charge in [-0.1, -0.05) is 0 Å². The fourth-order valence-electron chi connectivity index (χ4n) is 4.04. The number of morpholine rings is 1. The molecular weight excluding hydrogens is 386 g/mol. The summed E-state index contributed by atoms with van der Waals surface area (Å²) < 4.78 is 12.3. The van der Waals surface area contributed by atoms with Gasteiger partial charge in [-0.25, -0.2) is 4.98 Å². The molecule has 1 aromatic heterocycles. The summed E-state index contributed by atoms with van der Waals surface area (Å²) in [5.41, 5.74) is 1.77. The van der Waals surface area contributed by atoms with Crippen molar-refractivity contribution in [2.75, 3.05) is 71.5 Å². The monoisotopic (exact) mass is 415 g/mol. The maximum absolute atomic E-state index is 12.6. The molecule has 9 heteroatoms. The minimum absolute atomic E-state index is 0.0376. The lowest BCUT2D eigenvalue weighted by Gasteiger charge is -2.39. The van der Waals surface area contributed by atoms with Gasteiger partial charge in [-0.05, 0) is 18.2 Å². The number of likely N-dealkylation sites (N-methyl/N-ethyl adjacent to an activating group) is 1. The highest BCUT2D eigenvalue weighted by atomic mass is 16.5. The van der Waals surface area contributed by atoms with Gasteiger partial charge in [0.05, 0.1) is 36.5 Å². The van der Waals surface area contributed by atoms with Crippen LogP contribution in [0, 0.1) is 0 Å². The number of methoxy groups -OCH3 is 1. The van der Waals surface area contributed by atoms with Gasteiger partial charge < -0.3 is 19.3 Å². The number of hydrogen-bond donors (Lipinski definition) is 0. The van der Waals surface area contributed by atoms with Gasteiger partial charge in [0.1, 0.15) is 6.61 Å². The number of aromatic nitrogens is 2. The van der Waals surface area contributed by atoms with Gasteiger partial charge >= 0.3 is 0 Å². The highest BCUT2D eigenvalue weighted by Crippen LogP contribution is 2.21. The summed E-state index contributed by atoms with van der Waals surface area (Å²) in [7, 11) is 3.45. The molecule has 2 aromatic rings. The van der Waals surface area contributed by atoms with Crippen molar-refractivity contribution >= 4 is 22.5 Å². The molecular formula is C21H29N5O4. The summed E-state index contributed by atoms with van der Waals surface area (Å²) in [6, 6.07) is 5.88. The van der Waals surface area contributed by atoms with Crippen LogP contribution >= 0.6 is 0 Å². The zero-order valence-corrected chi connectivity index (χ0v) is 17.6. The number of carbonyl (C=O) groups excluding carboxylic acids is 1. The second-order valence-electron chi connectivity index (χ2n) is 7.93. The minimum Gasteiger partial charge on any atom is -0.383 e. The molecule has 1 unspecified atom stereocenters. The Hall–Kier alpha value is -2.49. The van der Waals surface area contributed by atoms with E-state index in [0.717, 1.165) is 43.9 Å². The van der Waals surface area contributed by atoms with Crippen LogP contribution in [0.5, 0.6) is 0 Å². The normalized spacial score (nSPS) is 20.9. The maximum atomic E-state index is 12.6. The molecule has 2 fully saturated rings. The van der Waals surface area contributed by atoms with E-state index < -0.39 is 0 Å². The molecule has 0 bridgehead atoms. The minimum atomic E-state index is -0.0376. The lowest BCUT2D eigenvalue weighted by Crippen LogP contribution is -2.53. The van der Waals surface area contributed by atoms with Gasteiger partial charge in [0.25, 0.3) is 5.56 Å². The van der Waals surface area contributed by atoms with Crippen molar-refractivity contribution in [2.45, 2.75) is 12.6 Å². The zero-order chi connectivity index (χ0) is 21.1. The molecule has 2 aliphatic rings. The lowest BCUT2D eigenvalue weighted by molar-refractivity contribution is -0.147. The van der Waals surface area contributed by atoms with E-state index >= 15 is 0 Å². The third-order valence-corrected chi connectivity index (χ3v) is 5.89. The van der Waals surface area contributed by atoms with E-state index in [1.54, 1.807) is 22.9 Å². The SMILES string of the molecule is COCCn1cnc2cc(N3CCN(CC4CN(C)C(=O)CO4)CC3)ccc2c1=O. The number of anilines is 1. The van der Waals surface area contributed by atoms with Crippen LogP contribution in [-0.2, 0) is 20.8 Å².